The number of Topliss-reactive ketones (excluding diaryl/α,β-unsaturated/α-hetero) is 2. The third-order valence-corrected chi connectivity index (χ3v) is 9.48. The number of carbonyl (C=O) groups is 8. The van der Waals surface area contributed by atoms with Gasteiger partial charge in [-0.15, -0.1) is 0 Å². The molecule has 450 valence electrons. The third-order valence-electron chi connectivity index (χ3n) is 9.48. The number of pyridine rings is 2. The van der Waals surface area contributed by atoms with Crippen LogP contribution in [0.4, 0.5) is 0 Å². The third kappa shape index (κ3) is 34.6. The molecule has 0 aliphatic carbocycles. The van der Waals surface area contributed by atoms with Crippen LogP contribution in [0.5, 0.6) is 0 Å². The zero-order chi connectivity index (χ0) is 55.5. The number of halogens is 2. The maximum atomic E-state index is 11.6. The van der Waals surface area contributed by atoms with Gasteiger partial charge < -0.3 is 79.7 Å². The Morgan fingerprint density at radius 1 is 0.506 bits per heavy atom. The Labute approximate surface area is 486 Å². The second-order valence-electron chi connectivity index (χ2n) is 14.6. The predicted molar refractivity (Wildman–Crippen MR) is 292 cm³/mol. The summed E-state index contributed by atoms with van der Waals surface area (Å²) < 4.78 is 23.6. The first-order chi connectivity index (χ1) is 34.8. The van der Waals surface area contributed by atoms with E-state index in [2.05, 4.69) is 98.9 Å². The average Bonchev–Trinajstić information content (AvgIpc) is 3.39. The van der Waals surface area contributed by atoms with Crippen molar-refractivity contribution in [3.63, 3.8) is 0 Å². The molecule has 0 saturated heterocycles. The molecular formula is C50H68Cl2N6O19Pt2-4. The van der Waals surface area contributed by atoms with Gasteiger partial charge in [0.2, 0.25) is 0 Å². The van der Waals surface area contributed by atoms with E-state index in [4.69, 9.17) is 34.6 Å². The molecule has 0 saturated carbocycles. The van der Waals surface area contributed by atoms with Gasteiger partial charge in [0.1, 0.15) is 6.61 Å². The summed E-state index contributed by atoms with van der Waals surface area (Å²) >= 11 is 3.22. The van der Waals surface area contributed by atoms with Crippen LogP contribution in [0.3, 0.4) is 0 Å². The van der Waals surface area contributed by atoms with Gasteiger partial charge in [-0.25, -0.2) is 9.59 Å². The van der Waals surface area contributed by atoms with E-state index in [0.29, 0.717) is 0 Å². The Kier molecular flexibility index (Phi) is 55.2. The molecule has 0 aliphatic heterocycles. The van der Waals surface area contributed by atoms with Crippen molar-refractivity contribution in [3.8, 4) is 0 Å². The zero-order valence-corrected chi connectivity index (χ0v) is 49.7. The average molecular weight is 1520 g/mol. The summed E-state index contributed by atoms with van der Waals surface area (Å²) in [5.74, 6) is -6.18. The quantitative estimate of drug-likeness (QED) is 0.0376. The minimum atomic E-state index is -1.16. The molecular weight excluding hydrogens is 1450 g/mol. The summed E-state index contributed by atoms with van der Waals surface area (Å²) in [5.41, 5.74) is 2.12. The number of carboxylic acid groups (broad SMARTS) is 3. The summed E-state index contributed by atoms with van der Waals surface area (Å²) in [4.78, 5) is 93.8. The monoisotopic (exact) mass is 1520 g/mol. The Morgan fingerprint density at radius 3 is 1.13 bits per heavy atom. The van der Waals surface area contributed by atoms with E-state index in [-0.39, 0.29) is 72.8 Å². The minimum Gasteiger partial charge on any atom is -0.693 e. The first-order valence-electron chi connectivity index (χ1n) is 21.4. The molecule has 2 aromatic heterocycles. The molecule has 79 heavy (non-hydrogen) atoms. The number of benzene rings is 4. The number of para-hydroxylation sites is 2. The van der Waals surface area contributed by atoms with E-state index in [9.17, 15) is 38.4 Å². The number of carbonyl (C=O) groups excluding carboxylic acids is 5. The molecule has 0 amide bonds. The van der Waals surface area contributed by atoms with Gasteiger partial charge in [0.15, 0.2) is 36.0 Å². The van der Waals surface area contributed by atoms with Gasteiger partial charge in [0.25, 0.3) is 0 Å². The molecule has 4 aromatic carbocycles. The van der Waals surface area contributed by atoms with Crippen molar-refractivity contribution in [3.05, 3.63) is 134 Å². The van der Waals surface area contributed by atoms with E-state index in [1.54, 1.807) is 37.5 Å². The number of rotatable bonds is 17. The number of aliphatic hydroxyl groups excluding tert-OH is 1. The molecule has 4 unspecified atom stereocenters. The van der Waals surface area contributed by atoms with Crippen molar-refractivity contribution in [2.24, 2.45) is 0 Å². The van der Waals surface area contributed by atoms with Crippen LogP contribution in [0.25, 0.3) is 68.0 Å². The molecule has 4 atom stereocenters. The normalized spacial score (nSPS) is 10.6. The zero-order valence-electron chi connectivity index (χ0n) is 43.6. The van der Waals surface area contributed by atoms with Crippen LogP contribution in [0, 0.1) is 0 Å². The number of carboxylic acids is 3. The maximum absolute atomic E-state index is 11.6. The molecule has 16 N–H and O–H groups in total. The van der Waals surface area contributed by atoms with Gasteiger partial charge in [-0.3, -0.25) is 38.7 Å². The number of ether oxygens (including phenoxy) is 5. The fourth-order valence-corrected chi connectivity index (χ4v) is 5.42. The van der Waals surface area contributed by atoms with E-state index in [1.165, 1.54) is 74.2 Å². The van der Waals surface area contributed by atoms with Crippen molar-refractivity contribution in [1.82, 2.24) is 9.97 Å². The molecule has 0 radical (unpaired) electrons. The Hall–Kier alpha value is -6.02. The number of aliphatic hydroxyl groups is 1. The van der Waals surface area contributed by atoms with Crippen molar-refractivity contribution in [2.75, 3.05) is 27.4 Å². The fraction of sp³-hybridized carbons (Fsp3) is 0.320. The summed E-state index contributed by atoms with van der Waals surface area (Å²) in [6, 6.07) is 33.1. The molecule has 29 heteroatoms. The predicted octanol–water partition coefficient (Wildman–Crippen LogP) is 8.75. The van der Waals surface area contributed by atoms with E-state index < -0.39 is 73.4 Å². The number of aromatic nitrogens is 2. The number of fused-ring (bicyclic) bond motifs is 6. The number of nitrogens with zero attached hydrogens (tertiary/aromatic N) is 2. The molecule has 0 bridgehead atoms. The molecule has 25 nitrogen and oxygen atoms in total. The molecule has 6 rings (SSSR count). The second-order valence-corrected chi connectivity index (χ2v) is 14.6. The Balaban J connectivity index is -0.000000161. The standard InChI is InChI=1S/2C13H9N.C12H18O8.C8H14O5.C4H6O4.2ClH.4H2N.2H2O.2Pt/c2*1-2-6-11-10(5-1)9-14-13-8-4-3-7-12(11)13;1-7(13)8(2)20-12(17)9(18-3)6-19-11(16)5-4-10(14)15;1-5(10)6(2)13-8(11)7(4-9)12-3;5-3(6)1-2-4(7)8;;;;;;;;;;/h2*1-9H;8-9H,4-6H2,1-3H3,(H,14,15);6-7,9H,4H2,1-3H3;1-2H2,(H,5,6)(H,7,8);2*1H;6*1H2;;/q;;;;;;;4*-1;;;2*+1/p-2. The first kappa shape index (κ1) is 86.9. The van der Waals surface area contributed by atoms with Gasteiger partial charge in [-0.05, 0) is 50.6 Å². The number of hydrogen-bond acceptors (Lipinski definition) is 16. The number of nitrogens with two attached hydrogens (primary N) is 4. The van der Waals surface area contributed by atoms with Crippen LogP contribution in [-0.4, -0.2) is 141 Å². The largest absolute Gasteiger partial charge is 0.693 e. The number of hydrogen-bond donors (Lipinski definition) is 4. The number of esters is 3. The van der Waals surface area contributed by atoms with Crippen LogP contribution in [-0.2, 0) is 99.6 Å². The first-order valence-corrected chi connectivity index (χ1v) is 27.0. The van der Waals surface area contributed by atoms with Crippen molar-refractivity contribution >= 4 is 110 Å². The molecule has 2 heterocycles. The Bertz CT molecular complexity index is 2480. The summed E-state index contributed by atoms with van der Waals surface area (Å²) in [6.45, 7) is 4.60. The van der Waals surface area contributed by atoms with Crippen LogP contribution in [0.2, 0.25) is 0 Å². The summed E-state index contributed by atoms with van der Waals surface area (Å²) in [6.07, 6.45) is -1.28. The Morgan fingerprint density at radius 2 is 0.810 bits per heavy atom. The van der Waals surface area contributed by atoms with Crippen LogP contribution in [0.1, 0.15) is 53.4 Å². The molecule has 0 aliphatic rings. The van der Waals surface area contributed by atoms with Crippen LogP contribution in [0.15, 0.2) is 109 Å². The smallest absolute Gasteiger partial charge is 0.0708 e. The molecule has 6 aromatic rings. The van der Waals surface area contributed by atoms with Gasteiger partial charge in [-0.1, -0.05) is 84.9 Å². The number of aliphatic carboxylic acids is 3. The van der Waals surface area contributed by atoms with Crippen molar-refractivity contribution in [1.29, 1.82) is 0 Å². The molecule has 0 fully saturated rings. The van der Waals surface area contributed by atoms with E-state index in [1.807, 2.05) is 48.8 Å². The van der Waals surface area contributed by atoms with Crippen molar-refractivity contribution in [2.45, 2.75) is 77.8 Å². The van der Waals surface area contributed by atoms with Gasteiger partial charge in [-0.2, -0.15) is 0 Å². The van der Waals surface area contributed by atoms with Gasteiger partial charge >= 0.3 is 92.2 Å². The van der Waals surface area contributed by atoms with Crippen molar-refractivity contribution < 1.29 is 131 Å². The number of ketones is 2. The second kappa shape index (κ2) is 50.2. The van der Waals surface area contributed by atoms with E-state index >= 15 is 0 Å². The number of methoxy groups -OCH3 is 2. The van der Waals surface area contributed by atoms with Crippen LogP contribution >= 0.6 is 18.8 Å². The summed E-state index contributed by atoms with van der Waals surface area (Å²) in [5, 5.41) is 40.2. The fourth-order valence-electron chi connectivity index (χ4n) is 5.42. The summed E-state index contributed by atoms with van der Waals surface area (Å²) in [7, 11) is 11.7. The minimum absolute atomic E-state index is 0. The van der Waals surface area contributed by atoms with Crippen LogP contribution < -0.4 is 0 Å². The van der Waals surface area contributed by atoms with Gasteiger partial charge in [0.05, 0.1) is 43.3 Å². The maximum Gasteiger partial charge on any atom is 0.0708 e. The topological polar surface area (TPSA) is 486 Å². The SMILES string of the molecule is COC(CO)C(=O)OC(C)C(C)=O.COC(COC(=O)CCC(=O)O)C(=O)OC(C)C(C)=O.O.O.O=C(O)CCC(=O)O.[Cl][Pt].[Cl][Pt].[NH2-].[NH2-].[NH2-].[NH2-].c1ccc2c(c1)cnc1ccccc12.c1ccc2c(c1)cnc1ccccc12. The molecule has 0 spiro atoms. The van der Waals surface area contributed by atoms with Gasteiger partial charge in [0, 0.05) is 48.2 Å². The van der Waals surface area contributed by atoms with E-state index in [0.717, 1.165) is 11.0 Å².